The van der Waals surface area contributed by atoms with E-state index in [1.807, 2.05) is 19.9 Å². The SMILES string of the molecule is Cc1cc(C)c2c(c1)C(F)(C(=O)O)CC2. The molecule has 0 heterocycles. The summed E-state index contributed by atoms with van der Waals surface area (Å²) in [6, 6.07) is 3.62. The van der Waals surface area contributed by atoms with Crippen LogP contribution in [-0.4, -0.2) is 11.1 Å². The van der Waals surface area contributed by atoms with Gasteiger partial charge < -0.3 is 5.11 Å². The standard InChI is InChI=1S/C12H13FO2/c1-7-5-8(2)9-3-4-12(13,11(14)15)10(9)6-7/h5-6H,3-4H2,1-2H3,(H,14,15). The second kappa shape index (κ2) is 3.05. The van der Waals surface area contributed by atoms with E-state index < -0.39 is 11.6 Å². The van der Waals surface area contributed by atoms with Crippen LogP contribution >= 0.6 is 0 Å². The molecule has 1 aromatic carbocycles. The maximum absolute atomic E-state index is 14.2. The van der Waals surface area contributed by atoms with Crippen LogP contribution in [0.1, 0.15) is 28.7 Å². The fourth-order valence-corrected chi connectivity index (χ4v) is 2.34. The van der Waals surface area contributed by atoms with Crippen molar-refractivity contribution in [3.63, 3.8) is 0 Å². The molecule has 0 radical (unpaired) electrons. The summed E-state index contributed by atoms with van der Waals surface area (Å²) in [4.78, 5) is 10.9. The Morgan fingerprint density at radius 3 is 2.73 bits per heavy atom. The summed E-state index contributed by atoms with van der Waals surface area (Å²) in [5.41, 5.74) is 0.951. The van der Waals surface area contributed by atoms with Gasteiger partial charge in [0.2, 0.25) is 5.67 Å². The van der Waals surface area contributed by atoms with Gasteiger partial charge >= 0.3 is 5.97 Å². The lowest BCUT2D eigenvalue weighted by Gasteiger charge is -2.16. The first-order valence-corrected chi connectivity index (χ1v) is 4.98. The number of benzene rings is 1. The minimum Gasteiger partial charge on any atom is -0.479 e. The Bertz CT molecular complexity index is 439. The minimum atomic E-state index is -2.17. The normalized spacial score (nSPS) is 23.9. The number of fused-ring (bicyclic) bond motifs is 1. The van der Waals surface area contributed by atoms with Gasteiger partial charge in [0, 0.05) is 12.0 Å². The molecule has 1 aromatic rings. The summed E-state index contributed by atoms with van der Waals surface area (Å²) < 4.78 is 14.2. The molecule has 1 N–H and O–H groups in total. The van der Waals surface area contributed by atoms with Crippen molar-refractivity contribution in [2.75, 3.05) is 0 Å². The van der Waals surface area contributed by atoms with Gasteiger partial charge in [0.05, 0.1) is 0 Å². The molecule has 0 aromatic heterocycles. The van der Waals surface area contributed by atoms with Crippen molar-refractivity contribution in [1.29, 1.82) is 0 Å². The van der Waals surface area contributed by atoms with Crippen molar-refractivity contribution >= 4 is 5.97 Å². The lowest BCUT2D eigenvalue weighted by atomic mass is 9.94. The van der Waals surface area contributed by atoms with Crippen molar-refractivity contribution in [2.24, 2.45) is 0 Å². The number of aliphatic carboxylic acids is 1. The Kier molecular flexibility index (Phi) is 2.07. The molecule has 0 saturated carbocycles. The molecule has 1 aliphatic rings. The summed E-state index contributed by atoms with van der Waals surface area (Å²) in [6.07, 6.45) is 0.576. The number of carboxylic acid groups (broad SMARTS) is 1. The van der Waals surface area contributed by atoms with E-state index in [2.05, 4.69) is 0 Å². The van der Waals surface area contributed by atoms with Gasteiger partial charge in [-0.05, 0) is 31.4 Å². The molecule has 2 rings (SSSR count). The molecule has 0 saturated heterocycles. The van der Waals surface area contributed by atoms with Gasteiger partial charge in [-0.25, -0.2) is 9.18 Å². The third kappa shape index (κ3) is 1.34. The van der Waals surface area contributed by atoms with Gasteiger partial charge in [-0.2, -0.15) is 0 Å². The minimum absolute atomic E-state index is 0.0575. The number of aryl methyl sites for hydroxylation is 2. The van der Waals surface area contributed by atoms with Gasteiger partial charge in [-0.1, -0.05) is 17.7 Å². The molecule has 80 valence electrons. The fourth-order valence-electron chi connectivity index (χ4n) is 2.34. The molecule has 0 bridgehead atoms. The quantitative estimate of drug-likeness (QED) is 0.769. The number of carboxylic acids is 1. The molecule has 3 heteroatoms. The van der Waals surface area contributed by atoms with Crippen LogP contribution in [0.15, 0.2) is 12.1 Å². The van der Waals surface area contributed by atoms with Crippen LogP contribution in [0.4, 0.5) is 4.39 Å². The first-order valence-electron chi connectivity index (χ1n) is 4.98. The molecule has 0 amide bonds. The molecule has 1 unspecified atom stereocenters. The van der Waals surface area contributed by atoms with Gasteiger partial charge in [0.25, 0.3) is 0 Å². The number of rotatable bonds is 1. The molecule has 0 aliphatic heterocycles. The van der Waals surface area contributed by atoms with E-state index in [1.54, 1.807) is 6.07 Å². The molecular formula is C12H13FO2. The van der Waals surface area contributed by atoms with Crippen LogP contribution in [0.3, 0.4) is 0 Å². The van der Waals surface area contributed by atoms with E-state index >= 15 is 0 Å². The van der Waals surface area contributed by atoms with Gasteiger partial charge in [-0.15, -0.1) is 0 Å². The molecular weight excluding hydrogens is 195 g/mol. The Balaban J connectivity index is 2.65. The third-order valence-electron chi connectivity index (χ3n) is 3.10. The van der Waals surface area contributed by atoms with Crippen molar-refractivity contribution in [3.8, 4) is 0 Å². The summed E-state index contributed by atoms with van der Waals surface area (Å²) in [6.45, 7) is 3.76. The molecule has 15 heavy (non-hydrogen) atoms. The predicted octanol–water partition coefficient (Wildman–Crippen LogP) is 2.50. The smallest absolute Gasteiger partial charge is 0.346 e. The number of halogens is 1. The van der Waals surface area contributed by atoms with E-state index in [1.165, 1.54) is 0 Å². The second-order valence-electron chi connectivity index (χ2n) is 4.21. The lowest BCUT2D eigenvalue weighted by Crippen LogP contribution is -2.28. The van der Waals surface area contributed by atoms with Crippen molar-refractivity contribution in [3.05, 3.63) is 34.4 Å². The molecule has 0 fully saturated rings. The zero-order chi connectivity index (χ0) is 11.2. The van der Waals surface area contributed by atoms with Crippen molar-refractivity contribution < 1.29 is 14.3 Å². The van der Waals surface area contributed by atoms with E-state index in [4.69, 9.17) is 5.11 Å². The lowest BCUT2D eigenvalue weighted by molar-refractivity contribution is -0.151. The van der Waals surface area contributed by atoms with Crippen LogP contribution in [-0.2, 0) is 16.9 Å². The summed E-state index contributed by atoms with van der Waals surface area (Å²) in [5, 5.41) is 8.93. The highest BCUT2D eigenvalue weighted by Crippen LogP contribution is 2.42. The number of carbonyl (C=O) groups is 1. The van der Waals surface area contributed by atoms with Gasteiger partial charge in [-0.3, -0.25) is 0 Å². The van der Waals surface area contributed by atoms with Crippen LogP contribution in [0.2, 0.25) is 0 Å². The van der Waals surface area contributed by atoms with Crippen molar-refractivity contribution in [2.45, 2.75) is 32.4 Å². The first kappa shape index (κ1) is 10.1. The van der Waals surface area contributed by atoms with Crippen molar-refractivity contribution in [1.82, 2.24) is 0 Å². The molecule has 2 nitrogen and oxygen atoms in total. The topological polar surface area (TPSA) is 37.3 Å². The first-order chi connectivity index (χ1) is 6.95. The molecule has 0 spiro atoms. The van der Waals surface area contributed by atoms with Crippen LogP contribution in [0.25, 0.3) is 0 Å². The summed E-state index contributed by atoms with van der Waals surface area (Å²) >= 11 is 0. The Hall–Kier alpha value is -1.38. The largest absolute Gasteiger partial charge is 0.479 e. The van der Waals surface area contributed by atoms with Gasteiger partial charge in [0.1, 0.15) is 0 Å². The number of alkyl halides is 1. The van der Waals surface area contributed by atoms with E-state index in [0.717, 1.165) is 16.7 Å². The highest BCUT2D eigenvalue weighted by atomic mass is 19.1. The number of hydrogen-bond acceptors (Lipinski definition) is 1. The Morgan fingerprint density at radius 1 is 1.47 bits per heavy atom. The van der Waals surface area contributed by atoms with Crippen LogP contribution in [0, 0.1) is 13.8 Å². The highest BCUT2D eigenvalue weighted by Gasteiger charge is 2.46. The monoisotopic (exact) mass is 208 g/mol. The van der Waals surface area contributed by atoms with Crippen LogP contribution in [0.5, 0.6) is 0 Å². The third-order valence-corrected chi connectivity index (χ3v) is 3.10. The highest BCUT2D eigenvalue weighted by molar-refractivity contribution is 5.81. The number of hydrogen-bond donors (Lipinski definition) is 1. The zero-order valence-corrected chi connectivity index (χ0v) is 8.80. The Labute approximate surface area is 87.7 Å². The predicted molar refractivity (Wildman–Crippen MR) is 54.7 cm³/mol. The summed E-state index contributed by atoms with van der Waals surface area (Å²) in [7, 11) is 0. The average molecular weight is 208 g/mol. The summed E-state index contributed by atoms with van der Waals surface area (Å²) in [5.74, 6) is -1.37. The average Bonchev–Trinajstić information content (AvgIpc) is 2.46. The molecule has 1 atom stereocenters. The van der Waals surface area contributed by atoms with Gasteiger partial charge in [0.15, 0.2) is 0 Å². The van der Waals surface area contributed by atoms with Crippen LogP contribution < -0.4 is 0 Å². The van der Waals surface area contributed by atoms with E-state index in [-0.39, 0.29) is 6.42 Å². The maximum atomic E-state index is 14.2. The van der Waals surface area contributed by atoms with E-state index in [9.17, 15) is 9.18 Å². The second-order valence-corrected chi connectivity index (χ2v) is 4.21. The fraction of sp³-hybridized carbons (Fsp3) is 0.417. The molecule has 1 aliphatic carbocycles. The van der Waals surface area contributed by atoms with E-state index in [0.29, 0.717) is 12.0 Å². The zero-order valence-electron chi connectivity index (χ0n) is 8.80. The maximum Gasteiger partial charge on any atom is 0.346 e. The Morgan fingerprint density at radius 2 is 2.13 bits per heavy atom.